The number of anilines is 1. The summed E-state index contributed by atoms with van der Waals surface area (Å²) in [6.07, 6.45) is 6.31. The predicted octanol–water partition coefficient (Wildman–Crippen LogP) is 1.80. The zero-order valence-electron chi connectivity index (χ0n) is 9.96. The Bertz CT molecular complexity index is 383. The van der Waals surface area contributed by atoms with Gasteiger partial charge in [-0.1, -0.05) is 13.3 Å². The number of carbonyl (C=O) groups is 1. The first kappa shape index (κ1) is 11.8. The topological polar surface area (TPSA) is 66.3 Å². The highest BCUT2D eigenvalue weighted by Gasteiger charge is 2.19. The maximum Gasteiger partial charge on any atom is 0.338 e. The molecule has 1 aliphatic rings. The van der Waals surface area contributed by atoms with Gasteiger partial charge < -0.3 is 10.0 Å². The lowest BCUT2D eigenvalue weighted by Gasteiger charge is -2.31. The molecule has 0 amide bonds. The maximum absolute atomic E-state index is 10.7. The van der Waals surface area contributed by atoms with Crippen LogP contribution in [0.15, 0.2) is 12.4 Å². The second-order valence-corrected chi connectivity index (χ2v) is 4.42. The summed E-state index contributed by atoms with van der Waals surface area (Å²) >= 11 is 0. The van der Waals surface area contributed by atoms with Crippen molar-refractivity contribution in [1.82, 2.24) is 9.97 Å². The Labute approximate surface area is 100 Å². The second-order valence-electron chi connectivity index (χ2n) is 4.42. The SMILES string of the molecule is CCC1CCN(c2ncc(C(=O)O)cn2)CC1. The number of carboxylic acid groups (broad SMARTS) is 1. The fourth-order valence-corrected chi connectivity index (χ4v) is 2.14. The molecule has 0 unspecified atom stereocenters. The van der Waals surface area contributed by atoms with Crippen LogP contribution in [-0.4, -0.2) is 34.1 Å². The van der Waals surface area contributed by atoms with Gasteiger partial charge in [-0.2, -0.15) is 0 Å². The lowest BCUT2D eigenvalue weighted by molar-refractivity contribution is 0.0696. The molecule has 0 saturated carbocycles. The van der Waals surface area contributed by atoms with Gasteiger partial charge in [0.05, 0.1) is 5.56 Å². The highest BCUT2D eigenvalue weighted by Crippen LogP contribution is 2.22. The molecule has 1 N–H and O–H groups in total. The van der Waals surface area contributed by atoms with Crippen LogP contribution in [-0.2, 0) is 0 Å². The molecule has 1 fully saturated rings. The van der Waals surface area contributed by atoms with Gasteiger partial charge in [-0.15, -0.1) is 0 Å². The largest absolute Gasteiger partial charge is 0.478 e. The van der Waals surface area contributed by atoms with Crippen LogP contribution >= 0.6 is 0 Å². The molecule has 2 heterocycles. The van der Waals surface area contributed by atoms with E-state index in [4.69, 9.17) is 5.11 Å². The third-order valence-electron chi connectivity index (χ3n) is 3.36. The lowest BCUT2D eigenvalue weighted by Crippen LogP contribution is -2.34. The van der Waals surface area contributed by atoms with Crippen LogP contribution in [0.3, 0.4) is 0 Å². The molecule has 92 valence electrons. The van der Waals surface area contributed by atoms with Crippen LogP contribution in [0.4, 0.5) is 5.95 Å². The van der Waals surface area contributed by atoms with Crippen molar-refractivity contribution in [3.05, 3.63) is 18.0 Å². The highest BCUT2D eigenvalue weighted by molar-refractivity contribution is 5.86. The number of aromatic carboxylic acids is 1. The van der Waals surface area contributed by atoms with E-state index in [1.807, 2.05) is 0 Å². The molecule has 2 rings (SSSR count). The number of hydrogen-bond donors (Lipinski definition) is 1. The van der Waals surface area contributed by atoms with Crippen LogP contribution < -0.4 is 4.90 Å². The molecular formula is C12H17N3O2. The Hall–Kier alpha value is -1.65. The minimum Gasteiger partial charge on any atom is -0.478 e. The maximum atomic E-state index is 10.7. The van der Waals surface area contributed by atoms with Crippen molar-refractivity contribution in [1.29, 1.82) is 0 Å². The van der Waals surface area contributed by atoms with Crippen molar-refractivity contribution < 1.29 is 9.90 Å². The molecule has 0 aliphatic carbocycles. The molecule has 0 spiro atoms. The molecule has 17 heavy (non-hydrogen) atoms. The van der Waals surface area contributed by atoms with Gasteiger partial charge in [-0.25, -0.2) is 14.8 Å². The number of rotatable bonds is 3. The number of hydrogen-bond acceptors (Lipinski definition) is 4. The average Bonchev–Trinajstić information content (AvgIpc) is 2.39. The third-order valence-corrected chi connectivity index (χ3v) is 3.36. The average molecular weight is 235 g/mol. The Kier molecular flexibility index (Phi) is 3.56. The number of nitrogens with zero attached hydrogens (tertiary/aromatic N) is 3. The van der Waals surface area contributed by atoms with E-state index < -0.39 is 5.97 Å². The summed E-state index contributed by atoms with van der Waals surface area (Å²) in [4.78, 5) is 21.0. The van der Waals surface area contributed by atoms with Gasteiger partial charge in [0.1, 0.15) is 0 Å². The smallest absolute Gasteiger partial charge is 0.338 e. The number of piperidine rings is 1. The van der Waals surface area contributed by atoms with Gasteiger partial charge in [-0.05, 0) is 18.8 Å². The summed E-state index contributed by atoms with van der Waals surface area (Å²) in [5, 5.41) is 8.76. The van der Waals surface area contributed by atoms with Crippen molar-refractivity contribution in [3.8, 4) is 0 Å². The number of carboxylic acids is 1. The van der Waals surface area contributed by atoms with Crippen LogP contribution in [0, 0.1) is 5.92 Å². The van der Waals surface area contributed by atoms with Crippen molar-refractivity contribution in [2.45, 2.75) is 26.2 Å². The first-order valence-corrected chi connectivity index (χ1v) is 6.01. The van der Waals surface area contributed by atoms with Gasteiger partial charge in [0.15, 0.2) is 0 Å². The molecule has 0 aromatic carbocycles. The standard InChI is InChI=1S/C12H17N3O2/c1-2-9-3-5-15(6-4-9)12-13-7-10(8-14-12)11(16)17/h7-9H,2-6H2,1H3,(H,16,17). The van der Waals surface area contributed by atoms with Gasteiger partial charge >= 0.3 is 5.97 Å². The molecule has 0 bridgehead atoms. The molecule has 5 heteroatoms. The molecule has 0 radical (unpaired) electrons. The molecule has 1 aliphatic heterocycles. The lowest BCUT2D eigenvalue weighted by atomic mass is 9.95. The molecule has 1 aromatic rings. The zero-order valence-corrected chi connectivity index (χ0v) is 9.96. The van der Waals surface area contributed by atoms with E-state index in [0.717, 1.165) is 19.0 Å². The summed E-state index contributed by atoms with van der Waals surface area (Å²) in [5.41, 5.74) is 0.136. The van der Waals surface area contributed by atoms with E-state index in [2.05, 4.69) is 21.8 Å². The van der Waals surface area contributed by atoms with Crippen LogP contribution in [0.25, 0.3) is 0 Å². The minimum absolute atomic E-state index is 0.136. The summed E-state index contributed by atoms with van der Waals surface area (Å²) in [5.74, 6) is 0.468. The number of aromatic nitrogens is 2. The van der Waals surface area contributed by atoms with Crippen molar-refractivity contribution in [2.24, 2.45) is 5.92 Å². The van der Waals surface area contributed by atoms with Gasteiger partial charge in [0, 0.05) is 25.5 Å². The van der Waals surface area contributed by atoms with Crippen LogP contribution in [0.2, 0.25) is 0 Å². The summed E-state index contributed by atoms with van der Waals surface area (Å²) in [6.45, 7) is 4.15. The van der Waals surface area contributed by atoms with Crippen molar-refractivity contribution in [2.75, 3.05) is 18.0 Å². The minimum atomic E-state index is -0.985. The van der Waals surface area contributed by atoms with E-state index in [0.29, 0.717) is 5.95 Å². The van der Waals surface area contributed by atoms with Crippen LogP contribution in [0.5, 0.6) is 0 Å². The Morgan fingerprint density at radius 2 is 2.00 bits per heavy atom. The molecular weight excluding hydrogens is 218 g/mol. The molecule has 5 nitrogen and oxygen atoms in total. The van der Waals surface area contributed by atoms with Gasteiger partial charge in [0.2, 0.25) is 5.95 Å². The Morgan fingerprint density at radius 1 is 1.41 bits per heavy atom. The van der Waals surface area contributed by atoms with E-state index in [1.54, 1.807) is 0 Å². The summed E-state index contributed by atoms with van der Waals surface area (Å²) < 4.78 is 0. The van der Waals surface area contributed by atoms with E-state index in [-0.39, 0.29) is 5.56 Å². The van der Waals surface area contributed by atoms with Crippen LogP contribution in [0.1, 0.15) is 36.5 Å². The van der Waals surface area contributed by atoms with Gasteiger partial charge in [0.25, 0.3) is 0 Å². The first-order chi connectivity index (χ1) is 8.20. The van der Waals surface area contributed by atoms with E-state index in [9.17, 15) is 4.79 Å². The third kappa shape index (κ3) is 2.72. The molecule has 1 aromatic heterocycles. The first-order valence-electron chi connectivity index (χ1n) is 6.01. The summed E-state index contributed by atoms with van der Waals surface area (Å²) in [7, 11) is 0. The summed E-state index contributed by atoms with van der Waals surface area (Å²) in [6, 6.07) is 0. The van der Waals surface area contributed by atoms with Crippen molar-refractivity contribution in [3.63, 3.8) is 0 Å². The normalized spacial score (nSPS) is 17.1. The molecule has 1 saturated heterocycles. The van der Waals surface area contributed by atoms with E-state index in [1.165, 1.54) is 31.7 Å². The fourth-order valence-electron chi connectivity index (χ4n) is 2.14. The highest BCUT2D eigenvalue weighted by atomic mass is 16.4. The Balaban J connectivity index is 2.01. The quantitative estimate of drug-likeness (QED) is 0.865. The fraction of sp³-hybridized carbons (Fsp3) is 0.583. The monoisotopic (exact) mass is 235 g/mol. The van der Waals surface area contributed by atoms with Crippen molar-refractivity contribution >= 4 is 11.9 Å². The Morgan fingerprint density at radius 3 is 2.47 bits per heavy atom. The van der Waals surface area contributed by atoms with E-state index >= 15 is 0 Å². The second kappa shape index (κ2) is 5.12. The predicted molar refractivity (Wildman–Crippen MR) is 64.2 cm³/mol. The zero-order chi connectivity index (χ0) is 12.3. The van der Waals surface area contributed by atoms with Gasteiger partial charge in [-0.3, -0.25) is 0 Å². The molecule has 0 atom stereocenters.